The summed E-state index contributed by atoms with van der Waals surface area (Å²) in [5, 5.41) is 5.26. The second kappa shape index (κ2) is 9.27. The molecule has 0 saturated carbocycles. The Labute approximate surface area is 166 Å². The first kappa shape index (κ1) is 19.7. The fourth-order valence-corrected chi connectivity index (χ4v) is 2.95. The standard InChI is InChI=1S/C24H27NO3/c1-4-27-23-12-10-20(24(26)25-15-17(2)3)13-21(23)16-28-22-11-9-18-7-5-6-8-19(18)14-22/h5-14,17H,4,15-16H2,1-3H3,(H,25,26). The highest BCUT2D eigenvalue weighted by Gasteiger charge is 2.12. The lowest BCUT2D eigenvalue weighted by Crippen LogP contribution is -2.27. The molecule has 0 radical (unpaired) electrons. The van der Waals surface area contributed by atoms with Gasteiger partial charge in [0, 0.05) is 17.7 Å². The minimum Gasteiger partial charge on any atom is -0.493 e. The summed E-state index contributed by atoms with van der Waals surface area (Å²) < 4.78 is 11.7. The van der Waals surface area contributed by atoms with Gasteiger partial charge < -0.3 is 14.8 Å². The zero-order valence-electron chi connectivity index (χ0n) is 16.7. The molecule has 28 heavy (non-hydrogen) atoms. The third-order valence-corrected chi connectivity index (χ3v) is 4.41. The molecule has 3 aromatic carbocycles. The third kappa shape index (κ3) is 5.03. The molecule has 1 N–H and O–H groups in total. The van der Waals surface area contributed by atoms with Gasteiger partial charge in [0.05, 0.1) is 6.61 Å². The number of hydrogen-bond donors (Lipinski definition) is 1. The van der Waals surface area contributed by atoms with Crippen molar-refractivity contribution in [2.45, 2.75) is 27.4 Å². The summed E-state index contributed by atoms with van der Waals surface area (Å²) in [4.78, 5) is 12.4. The Morgan fingerprint density at radius 2 is 1.75 bits per heavy atom. The van der Waals surface area contributed by atoms with Crippen LogP contribution in [0, 0.1) is 5.92 Å². The van der Waals surface area contributed by atoms with Crippen molar-refractivity contribution in [1.29, 1.82) is 0 Å². The van der Waals surface area contributed by atoms with Gasteiger partial charge in [0.25, 0.3) is 5.91 Å². The molecule has 1 amide bonds. The van der Waals surface area contributed by atoms with Crippen LogP contribution in [0.15, 0.2) is 60.7 Å². The predicted octanol–water partition coefficient (Wildman–Crippen LogP) is 5.20. The molecule has 146 valence electrons. The fraction of sp³-hybridized carbons (Fsp3) is 0.292. The molecule has 0 bridgehead atoms. The lowest BCUT2D eigenvalue weighted by atomic mass is 10.1. The van der Waals surface area contributed by atoms with Crippen LogP contribution in [0.5, 0.6) is 11.5 Å². The Bertz CT molecular complexity index is 949. The molecule has 0 spiro atoms. The molecule has 0 fully saturated rings. The SMILES string of the molecule is CCOc1ccc(C(=O)NCC(C)C)cc1COc1ccc2ccccc2c1. The first-order valence-corrected chi connectivity index (χ1v) is 9.72. The Kier molecular flexibility index (Phi) is 6.53. The van der Waals surface area contributed by atoms with Crippen molar-refractivity contribution >= 4 is 16.7 Å². The highest BCUT2D eigenvalue weighted by molar-refractivity contribution is 5.94. The Morgan fingerprint density at radius 3 is 2.50 bits per heavy atom. The predicted molar refractivity (Wildman–Crippen MR) is 113 cm³/mol. The smallest absolute Gasteiger partial charge is 0.251 e. The largest absolute Gasteiger partial charge is 0.493 e. The molecule has 0 aliphatic heterocycles. The molecular weight excluding hydrogens is 350 g/mol. The van der Waals surface area contributed by atoms with Gasteiger partial charge in [-0.2, -0.15) is 0 Å². The quantitative estimate of drug-likeness (QED) is 0.587. The second-order valence-electron chi connectivity index (χ2n) is 7.16. The summed E-state index contributed by atoms with van der Waals surface area (Å²) in [7, 11) is 0. The number of benzene rings is 3. The number of ether oxygens (including phenoxy) is 2. The third-order valence-electron chi connectivity index (χ3n) is 4.41. The average molecular weight is 377 g/mol. The van der Waals surface area contributed by atoms with E-state index >= 15 is 0 Å². The van der Waals surface area contributed by atoms with Gasteiger partial charge in [0.2, 0.25) is 0 Å². The van der Waals surface area contributed by atoms with Gasteiger partial charge in [-0.05, 0) is 53.9 Å². The number of amides is 1. The Hall–Kier alpha value is -3.01. The van der Waals surface area contributed by atoms with Crippen LogP contribution in [0.25, 0.3) is 10.8 Å². The molecule has 4 heteroatoms. The van der Waals surface area contributed by atoms with Crippen LogP contribution in [0.2, 0.25) is 0 Å². The van der Waals surface area contributed by atoms with Crippen molar-refractivity contribution in [3.63, 3.8) is 0 Å². The van der Waals surface area contributed by atoms with Crippen LogP contribution in [0.3, 0.4) is 0 Å². The van der Waals surface area contributed by atoms with Gasteiger partial charge in [0.15, 0.2) is 0 Å². The maximum atomic E-state index is 12.4. The van der Waals surface area contributed by atoms with E-state index in [9.17, 15) is 4.79 Å². The zero-order valence-corrected chi connectivity index (χ0v) is 16.7. The first-order valence-electron chi connectivity index (χ1n) is 9.72. The lowest BCUT2D eigenvalue weighted by molar-refractivity contribution is 0.0949. The van der Waals surface area contributed by atoms with Crippen LogP contribution < -0.4 is 14.8 Å². The second-order valence-corrected chi connectivity index (χ2v) is 7.16. The van der Waals surface area contributed by atoms with Gasteiger partial charge in [-0.15, -0.1) is 0 Å². The molecule has 0 aromatic heterocycles. The van der Waals surface area contributed by atoms with E-state index < -0.39 is 0 Å². The van der Waals surface area contributed by atoms with Crippen molar-refractivity contribution in [1.82, 2.24) is 5.32 Å². The van der Waals surface area contributed by atoms with Crippen LogP contribution in [0.1, 0.15) is 36.7 Å². The summed E-state index contributed by atoms with van der Waals surface area (Å²) in [5.74, 6) is 1.85. The van der Waals surface area contributed by atoms with E-state index in [1.54, 1.807) is 6.07 Å². The topological polar surface area (TPSA) is 47.6 Å². The fourth-order valence-electron chi connectivity index (χ4n) is 2.95. The number of hydrogen-bond acceptors (Lipinski definition) is 3. The molecule has 3 aromatic rings. The molecular formula is C24H27NO3. The van der Waals surface area contributed by atoms with E-state index in [0.717, 1.165) is 22.4 Å². The molecule has 0 saturated heterocycles. The molecule has 0 aliphatic rings. The van der Waals surface area contributed by atoms with E-state index in [-0.39, 0.29) is 5.91 Å². The van der Waals surface area contributed by atoms with E-state index in [4.69, 9.17) is 9.47 Å². The highest BCUT2D eigenvalue weighted by atomic mass is 16.5. The van der Waals surface area contributed by atoms with Gasteiger partial charge >= 0.3 is 0 Å². The van der Waals surface area contributed by atoms with Crippen LogP contribution in [-0.2, 0) is 6.61 Å². The minimum atomic E-state index is -0.0799. The summed E-state index contributed by atoms with van der Waals surface area (Å²) in [6, 6.07) is 19.7. The number of carbonyl (C=O) groups is 1. The van der Waals surface area contributed by atoms with E-state index in [0.29, 0.717) is 31.2 Å². The van der Waals surface area contributed by atoms with Crippen molar-refractivity contribution in [3.8, 4) is 11.5 Å². The van der Waals surface area contributed by atoms with Crippen LogP contribution in [-0.4, -0.2) is 19.1 Å². The molecule has 4 nitrogen and oxygen atoms in total. The van der Waals surface area contributed by atoms with Gasteiger partial charge in [-0.1, -0.05) is 44.2 Å². The number of rotatable bonds is 8. The highest BCUT2D eigenvalue weighted by Crippen LogP contribution is 2.25. The van der Waals surface area contributed by atoms with Gasteiger partial charge in [-0.25, -0.2) is 0 Å². The summed E-state index contributed by atoms with van der Waals surface area (Å²) >= 11 is 0. The monoisotopic (exact) mass is 377 g/mol. The Balaban J connectivity index is 1.77. The maximum absolute atomic E-state index is 12.4. The maximum Gasteiger partial charge on any atom is 0.251 e. The molecule has 0 aliphatic carbocycles. The summed E-state index contributed by atoms with van der Waals surface area (Å²) in [5.41, 5.74) is 1.47. The Morgan fingerprint density at radius 1 is 0.964 bits per heavy atom. The normalized spacial score (nSPS) is 10.9. The van der Waals surface area contributed by atoms with Crippen molar-refractivity contribution < 1.29 is 14.3 Å². The van der Waals surface area contributed by atoms with Crippen LogP contribution >= 0.6 is 0 Å². The minimum absolute atomic E-state index is 0.0799. The lowest BCUT2D eigenvalue weighted by Gasteiger charge is -2.14. The number of carbonyl (C=O) groups excluding carboxylic acids is 1. The van der Waals surface area contributed by atoms with Crippen molar-refractivity contribution in [3.05, 3.63) is 71.8 Å². The molecule has 3 rings (SSSR count). The first-order chi connectivity index (χ1) is 13.6. The summed E-state index contributed by atoms with van der Waals surface area (Å²) in [6.45, 7) is 7.62. The van der Waals surface area contributed by atoms with E-state index in [2.05, 4.69) is 31.3 Å². The zero-order chi connectivity index (χ0) is 19.9. The molecule has 0 atom stereocenters. The number of nitrogens with one attached hydrogen (secondary N) is 1. The van der Waals surface area contributed by atoms with Crippen molar-refractivity contribution in [2.24, 2.45) is 5.92 Å². The van der Waals surface area contributed by atoms with Gasteiger partial charge in [-0.3, -0.25) is 4.79 Å². The van der Waals surface area contributed by atoms with E-state index in [1.165, 1.54) is 5.39 Å². The average Bonchev–Trinajstić information content (AvgIpc) is 2.71. The molecule has 0 unspecified atom stereocenters. The van der Waals surface area contributed by atoms with Crippen LogP contribution in [0.4, 0.5) is 0 Å². The van der Waals surface area contributed by atoms with E-state index in [1.807, 2.05) is 49.4 Å². The number of fused-ring (bicyclic) bond motifs is 1. The van der Waals surface area contributed by atoms with Gasteiger partial charge in [0.1, 0.15) is 18.1 Å². The summed E-state index contributed by atoms with van der Waals surface area (Å²) in [6.07, 6.45) is 0. The van der Waals surface area contributed by atoms with Crippen molar-refractivity contribution in [2.75, 3.05) is 13.2 Å². The molecule has 0 heterocycles.